The minimum atomic E-state index is -1.58. The van der Waals surface area contributed by atoms with Crippen molar-refractivity contribution in [2.75, 3.05) is 11.9 Å². The molecule has 5 rings (SSSR count). The second-order valence-corrected chi connectivity index (χ2v) is 7.26. The van der Waals surface area contributed by atoms with Crippen molar-refractivity contribution < 1.29 is 20.1 Å². The first-order valence-electron chi connectivity index (χ1n) is 8.87. The van der Waals surface area contributed by atoms with Gasteiger partial charge in [0.25, 0.3) is 0 Å². The maximum Gasteiger partial charge on any atom is 0.167 e. The number of aromatic nitrogens is 3. The van der Waals surface area contributed by atoms with E-state index in [1.54, 1.807) is 4.57 Å². The molecule has 27 heavy (non-hydrogen) atoms. The molecule has 0 amide bonds. The number of hydrogen-bond donors (Lipinski definition) is 4. The van der Waals surface area contributed by atoms with Gasteiger partial charge in [0.2, 0.25) is 0 Å². The largest absolute Gasteiger partial charge is 0.394 e. The Morgan fingerprint density at radius 2 is 2.11 bits per heavy atom. The average molecular weight is 368 g/mol. The first-order chi connectivity index (χ1) is 13.0. The molecule has 1 unspecified atom stereocenters. The molecule has 4 atom stereocenters. The van der Waals surface area contributed by atoms with Crippen molar-refractivity contribution >= 4 is 16.9 Å². The molecule has 0 aliphatic carbocycles. The molecule has 3 aromatic rings. The predicted octanol–water partition coefficient (Wildman–Crippen LogP) is 1.03. The fourth-order valence-corrected chi connectivity index (χ4v) is 4.11. The van der Waals surface area contributed by atoms with Crippen LogP contribution >= 0.6 is 0 Å². The van der Waals surface area contributed by atoms with E-state index in [2.05, 4.69) is 21.4 Å². The number of rotatable bonds is 2. The van der Waals surface area contributed by atoms with Gasteiger partial charge in [-0.1, -0.05) is 24.3 Å². The molecule has 2 aliphatic heterocycles. The van der Waals surface area contributed by atoms with E-state index < -0.39 is 24.0 Å². The molecule has 0 radical (unpaired) electrons. The zero-order valence-electron chi connectivity index (χ0n) is 14.7. The van der Waals surface area contributed by atoms with Crippen LogP contribution < -0.4 is 5.32 Å². The number of aliphatic hydroxyl groups is 3. The van der Waals surface area contributed by atoms with Crippen molar-refractivity contribution in [1.82, 2.24) is 14.5 Å². The number of fused-ring (bicyclic) bond motifs is 2. The monoisotopic (exact) mass is 368 g/mol. The second kappa shape index (κ2) is 5.74. The van der Waals surface area contributed by atoms with Gasteiger partial charge in [0.15, 0.2) is 6.23 Å². The maximum atomic E-state index is 10.9. The van der Waals surface area contributed by atoms with Crippen molar-refractivity contribution in [2.24, 2.45) is 0 Å². The quantitative estimate of drug-likeness (QED) is 0.534. The van der Waals surface area contributed by atoms with Gasteiger partial charge in [0, 0.05) is 18.3 Å². The molecule has 8 heteroatoms. The summed E-state index contributed by atoms with van der Waals surface area (Å²) in [7, 11) is 0. The minimum Gasteiger partial charge on any atom is -0.394 e. The van der Waals surface area contributed by atoms with Crippen molar-refractivity contribution in [2.45, 2.75) is 37.5 Å². The molecule has 8 nitrogen and oxygen atoms in total. The Balaban J connectivity index is 1.76. The number of benzene rings is 1. The second-order valence-electron chi connectivity index (χ2n) is 7.26. The summed E-state index contributed by atoms with van der Waals surface area (Å²) in [5, 5.41) is 34.9. The highest BCUT2D eigenvalue weighted by Gasteiger charge is 2.53. The average Bonchev–Trinajstić information content (AvgIpc) is 3.09. The molecule has 1 aromatic carbocycles. The number of nitrogens with zero attached hydrogens (tertiary/aromatic N) is 3. The SMILES string of the molecule is C[C@]1(O)C(n2cc3c4c(ncnc42)NCc2ccccc2-3)O[C@H](CO)[C@H]1O. The van der Waals surface area contributed by atoms with Gasteiger partial charge in [-0.2, -0.15) is 0 Å². The molecule has 1 fully saturated rings. The first-order valence-corrected chi connectivity index (χ1v) is 8.87. The Labute approximate surface area is 155 Å². The van der Waals surface area contributed by atoms with Gasteiger partial charge < -0.3 is 29.9 Å². The molecule has 2 aromatic heterocycles. The van der Waals surface area contributed by atoms with Crippen molar-refractivity contribution in [3.63, 3.8) is 0 Å². The standard InChI is InChI=1S/C19H20N4O4/c1-19(26)15(25)13(8-24)27-18(19)23-7-12-11-5-3-2-4-10(11)6-20-16-14(12)17(23)22-9-21-16/h2-5,7,9,13,15,18,24-26H,6,8H2,1H3,(H,20,21,22)/t13-,15-,18?,19-/m1/s1. The Morgan fingerprint density at radius 3 is 2.89 bits per heavy atom. The third-order valence-corrected chi connectivity index (χ3v) is 5.55. The molecule has 1 saturated heterocycles. The van der Waals surface area contributed by atoms with E-state index in [-0.39, 0.29) is 6.61 Å². The lowest BCUT2D eigenvalue weighted by Gasteiger charge is -2.27. The summed E-state index contributed by atoms with van der Waals surface area (Å²) in [5.74, 6) is 0.710. The Morgan fingerprint density at radius 1 is 1.30 bits per heavy atom. The summed E-state index contributed by atoms with van der Waals surface area (Å²) in [4.78, 5) is 8.80. The van der Waals surface area contributed by atoms with E-state index in [0.29, 0.717) is 18.0 Å². The van der Waals surface area contributed by atoms with E-state index in [1.807, 2.05) is 24.4 Å². The Bertz CT molecular complexity index is 1030. The minimum absolute atomic E-state index is 0.384. The van der Waals surface area contributed by atoms with E-state index >= 15 is 0 Å². The summed E-state index contributed by atoms with van der Waals surface area (Å²) in [6.07, 6.45) is 0.360. The molecule has 0 bridgehead atoms. The zero-order chi connectivity index (χ0) is 18.8. The normalized spacial score (nSPS) is 29.4. The summed E-state index contributed by atoms with van der Waals surface area (Å²) >= 11 is 0. The van der Waals surface area contributed by atoms with Crippen LogP contribution in [0, 0.1) is 0 Å². The number of ether oxygens (including phenoxy) is 1. The first kappa shape index (κ1) is 16.6. The molecule has 4 heterocycles. The molecule has 0 spiro atoms. The summed E-state index contributed by atoms with van der Waals surface area (Å²) in [5.41, 5.74) is 2.12. The highest BCUT2D eigenvalue weighted by atomic mass is 16.6. The van der Waals surface area contributed by atoms with Crippen molar-refractivity contribution in [1.29, 1.82) is 0 Å². The van der Waals surface area contributed by atoms with Crippen molar-refractivity contribution in [3.8, 4) is 11.1 Å². The highest BCUT2D eigenvalue weighted by Crippen LogP contribution is 2.44. The number of anilines is 1. The van der Waals surface area contributed by atoms with Crippen LogP contribution in [0.25, 0.3) is 22.2 Å². The van der Waals surface area contributed by atoms with Crippen LogP contribution in [-0.2, 0) is 11.3 Å². The van der Waals surface area contributed by atoms with E-state index in [9.17, 15) is 15.3 Å². The molecule has 0 saturated carbocycles. The topological polar surface area (TPSA) is 113 Å². The van der Waals surface area contributed by atoms with Gasteiger partial charge in [0.1, 0.15) is 35.6 Å². The van der Waals surface area contributed by atoms with Crippen LogP contribution in [0.1, 0.15) is 18.7 Å². The third kappa shape index (κ3) is 2.24. The fourth-order valence-electron chi connectivity index (χ4n) is 4.11. The van der Waals surface area contributed by atoms with Gasteiger partial charge in [-0.05, 0) is 18.1 Å². The van der Waals surface area contributed by atoms with Crippen LogP contribution in [0.3, 0.4) is 0 Å². The summed E-state index contributed by atoms with van der Waals surface area (Å²) in [6.45, 7) is 1.77. The number of hydrogen-bond acceptors (Lipinski definition) is 7. The van der Waals surface area contributed by atoms with Crippen LogP contribution in [0.15, 0.2) is 36.8 Å². The van der Waals surface area contributed by atoms with E-state index in [1.165, 1.54) is 13.3 Å². The van der Waals surface area contributed by atoms with E-state index in [0.717, 1.165) is 22.1 Å². The fraction of sp³-hybridized carbons (Fsp3) is 0.368. The van der Waals surface area contributed by atoms with Gasteiger partial charge in [-0.25, -0.2) is 9.97 Å². The van der Waals surface area contributed by atoms with Crippen LogP contribution in [0.2, 0.25) is 0 Å². The lowest BCUT2D eigenvalue weighted by atomic mass is 9.96. The number of aliphatic hydroxyl groups excluding tert-OH is 2. The summed E-state index contributed by atoms with van der Waals surface area (Å²) < 4.78 is 7.52. The lowest BCUT2D eigenvalue weighted by molar-refractivity contribution is -0.0948. The van der Waals surface area contributed by atoms with Crippen LogP contribution in [0.4, 0.5) is 5.82 Å². The lowest BCUT2D eigenvalue weighted by Crippen LogP contribution is -2.44. The van der Waals surface area contributed by atoms with Crippen LogP contribution in [-0.4, -0.2) is 54.3 Å². The van der Waals surface area contributed by atoms with Crippen LogP contribution in [0.5, 0.6) is 0 Å². The van der Waals surface area contributed by atoms with Gasteiger partial charge in [-0.3, -0.25) is 0 Å². The molecule has 4 N–H and O–H groups in total. The maximum absolute atomic E-state index is 10.9. The van der Waals surface area contributed by atoms with Gasteiger partial charge in [-0.15, -0.1) is 0 Å². The van der Waals surface area contributed by atoms with E-state index in [4.69, 9.17) is 4.74 Å². The third-order valence-electron chi connectivity index (χ3n) is 5.55. The number of nitrogens with one attached hydrogen (secondary N) is 1. The van der Waals surface area contributed by atoms with Gasteiger partial charge in [0.05, 0.1) is 12.0 Å². The molecule has 2 aliphatic rings. The molecular formula is C19H20N4O4. The summed E-state index contributed by atoms with van der Waals surface area (Å²) in [6, 6.07) is 8.06. The smallest absolute Gasteiger partial charge is 0.167 e. The zero-order valence-corrected chi connectivity index (χ0v) is 14.7. The Hall–Kier alpha value is -2.52. The predicted molar refractivity (Wildman–Crippen MR) is 97.9 cm³/mol. The highest BCUT2D eigenvalue weighted by molar-refractivity contribution is 6.02. The molecule has 140 valence electrons. The Kier molecular flexibility index (Phi) is 3.54. The van der Waals surface area contributed by atoms with Crippen molar-refractivity contribution in [3.05, 3.63) is 42.4 Å². The molecular weight excluding hydrogens is 348 g/mol. The van der Waals surface area contributed by atoms with Gasteiger partial charge >= 0.3 is 0 Å².